The molecule has 120 valence electrons. The Morgan fingerprint density at radius 2 is 1.70 bits per heavy atom. The summed E-state index contributed by atoms with van der Waals surface area (Å²) >= 11 is 0. The molecule has 3 N–H and O–H groups in total. The zero-order valence-corrected chi connectivity index (χ0v) is 12.8. The molecule has 0 fully saturated rings. The average Bonchev–Trinajstić information content (AvgIpc) is 2.48. The number of aromatic amines is 1. The van der Waals surface area contributed by atoms with E-state index in [4.69, 9.17) is 4.74 Å². The molecule has 2 amide bonds. The number of ether oxygens (including phenoxy) is 1. The first-order valence-corrected chi connectivity index (χ1v) is 6.94. The van der Waals surface area contributed by atoms with E-state index in [9.17, 15) is 14.4 Å². The van der Waals surface area contributed by atoms with Crippen molar-refractivity contribution in [1.82, 2.24) is 4.98 Å². The summed E-state index contributed by atoms with van der Waals surface area (Å²) in [7, 11) is 0. The zero-order chi connectivity index (χ0) is 16.8. The van der Waals surface area contributed by atoms with E-state index >= 15 is 0 Å². The molecule has 23 heavy (non-hydrogen) atoms. The molecule has 0 bridgehead atoms. The fourth-order valence-corrected chi connectivity index (χ4v) is 1.92. The summed E-state index contributed by atoms with van der Waals surface area (Å²) in [5.41, 5.74) is 1.48. The molecule has 0 aliphatic carbocycles. The lowest BCUT2D eigenvalue weighted by molar-refractivity contribution is -0.118. The Labute approximate surface area is 132 Å². The highest BCUT2D eigenvalue weighted by Crippen LogP contribution is 2.13. The standard InChI is InChI=1S/C16H17N3O4/c1-10-16(14(21)7-8-17-10)23-9-15(22)19-13-5-3-12(4-6-13)18-11(2)20/h3-8H,9H2,1-2H3,(H,17,21)(H,18,20)(H,19,22). The van der Waals surface area contributed by atoms with Crippen LogP contribution in [0.25, 0.3) is 0 Å². The Hall–Kier alpha value is -3.09. The van der Waals surface area contributed by atoms with E-state index < -0.39 is 0 Å². The van der Waals surface area contributed by atoms with E-state index in [1.54, 1.807) is 31.2 Å². The molecule has 0 radical (unpaired) electrons. The molecule has 1 aromatic carbocycles. The number of carbonyl (C=O) groups is 2. The van der Waals surface area contributed by atoms with Crippen molar-refractivity contribution in [3.63, 3.8) is 0 Å². The molecule has 0 unspecified atom stereocenters. The van der Waals surface area contributed by atoms with Gasteiger partial charge in [0.25, 0.3) is 5.91 Å². The Morgan fingerprint density at radius 1 is 1.09 bits per heavy atom. The number of aryl methyl sites for hydroxylation is 1. The van der Waals surface area contributed by atoms with Crippen LogP contribution < -0.4 is 20.8 Å². The van der Waals surface area contributed by atoms with Crippen molar-refractivity contribution in [2.24, 2.45) is 0 Å². The third-order valence-corrected chi connectivity index (χ3v) is 2.94. The van der Waals surface area contributed by atoms with Gasteiger partial charge in [-0.15, -0.1) is 0 Å². The van der Waals surface area contributed by atoms with Crippen molar-refractivity contribution in [1.29, 1.82) is 0 Å². The van der Waals surface area contributed by atoms with Gasteiger partial charge in [-0.3, -0.25) is 14.4 Å². The highest BCUT2D eigenvalue weighted by atomic mass is 16.5. The van der Waals surface area contributed by atoms with Gasteiger partial charge in [-0.2, -0.15) is 0 Å². The molecule has 2 aromatic rings. The number of hydrogen-bond acceptors (Lipinski definition) is 4. The molecule has 0 aliphatic heterocycles. The topological polar surface area (TPSA) is 100 Å². The highest BCUT2D eigenvalue weighted by Gasteiger charge is 2.08. The molecule has 2 rings (SSSR count). The van der Waals surface area contributed by atoms with Crippen molar-refractivity contribution in [3.8, 4) is 5.75 Å². The summed E-state index contributed by atoms with van der Waals surface area (Å²) in [4.78, 5) is 37.2. The molecule has 1 aromatic heterocycles. The Kier molecular flexibility index (Phi) is 5.14. The Morgan fingerprint density at radius 3 is 2.26 bits per heavy atom. The Balaban J connectivity index is 1.92. The first-order chi connectivity index (χ1) is 11.0. The van der Waals surface area contributed by atoms with Crippen LogP contribution in [0.5, 0.6) is 5.75 Å². The summed E-state index contributed by atoms with van der Waals surface area (Å²) in [6, 6.07) is 7.99. The van der Waals surface area contributed by atoms with Crippen LogP contribution in [0, 0.1) is 6.92 Å². The molecule has 7 heteroatoms. The number of anilines is 2. The fourth-order valence-electron chi connectivity index (χ4n) is 1.92. The van der Waals surface area contributed by atoms with Gasteiger partial charge in [0.15, 0.2) is 12.4 Å². The second kappa shape index (κ2) is 7.26. The van der Waals surface area contributed by atoms with Crippen LogP contribution in [0.1, 0.15) is 12.6 Å². The number of nitrogens with one attached hydrogen (secondary N) is 3. The third kappa shape index (κ3) is 4.70. The molecule has 0 aliphatic rings. The van der Waals surface area contributed by atoms with Gasteiger partial charge in [0.1, 0.15) is 0 Å². The highest BCUT2D eigenvalue weighted by molar-refractivity contribution is 5.93. The predicted molar refractivity (Wildman–Crippen MR) is 86.7 cm³/mol. The van der Waals surface area contributed by atoms with E-state index in [1.807, 2.05) is 0 Å². The van der Waals surface area contributed by atoms with Crippen LogP contribution in [0.3, 0.4) is 0 Å². The molecule has 7 nitrogen and oxygen atoms in total. The molecule has 0 atom stereocenters. The minimum Gasteiger partial charge on any atom is -0.478 e. The maximum Gasteiger partial charge on any atom is 0.262 e. The smallest absolute Gasteiger partial charge is 0.262 e. The van der Waals surface area contributed by atoms with Crippen LogP contribution in [0.4, 0.5) is 11.4 Å². The molecule has 0 saturated carbocycles. The van der Waals surface area contributed by atoms with Gasteiger partial charge in [0.05, 0.1) is 5.69 Å². The SMILES string of the molecule is CC(=O)Nc1ccc(NC(=O)COc2c(C)[nH]ccc2=O)cc1. The minimum atomic E-state index is -0.389. The average molecular weight is 315 g/mol. The van der Waals surface area contributed by atoms with Gasteiger partial charge in [-0.05, 0) is 31.2 Å². The summed E-state index contributed by atoms with van der Waals surface area (Å²) < 4.78 is 5.27. The third-order valence-electron chi connectivity index (χ3n) is 2.94. The minimum absolute atomic E-state index is 0.128. The first-order valence-electron chi connectivity index (χ1n) is 6.94. The van der Waals surface area contributed by atoms with E-state index in [0.717, 1.165) is 0 Å². The van der Waals surface area contributed by atoms with Gasteiger partial charge in [0, 0.05) is 30.6 Å². The number of H-pyrrole nitrogens is 1. The monoisotopic (exact) mass is 315 g/mol. The summed E-state index contributed by atoms with van der Waals surface area (Å²) in [6.07, 6.45) is 1.52. The fraction of sp³-hybridized carbons (Fsp3) is 0.188. The van der Waals surface area contributed by atoms with Gasteiger partial charge in [-0.25, -0.2) is 0 Å². The summed E-state index contributed by atoms with van der Waals surface area (Å²) in [5.74, 6) is -0.428. The molecule has 0 saturated heterocycles. The molecule has 0 spiro atoms. The van der Waals surface area contributed by atoms with E-state index in [2.05, 4.69) is 15.6 Å². The van der Waals surface area contributed by atoms with Crippen LogP contribution in [-0.4, -0.2) is 23.4 Å². The number of aromatic nitrogens is 1. The summed E-state index contributed by atoms with van der Waals surface area (Å²) in [5, 5.41) is 5.27. The van der Waals surface area contributed by atoms with Gasteiger partial charge >= 0.3 is 0 Å². The van der Waals surface area contributed by atoms with E-state index in [0.29, 0.717) is 17.1 Å². The number of hydrogen-bond donors (Lipinski definition) is 3. The molecular weight excluding hydrogens is 298 g/mol. The molecule has 1 heterocycles. The van der Waals surface area contributed by atoms with E-state index in [1.165, 1.54) is 19.2 Å². The van der Waals surface area contributed by atoms with Crippen molar-refractivity contribution in [2.45, 2.75) is 13.8 Å². The second-order valence-corrected chi connectivity index (χ2v) is 4.89. The normalized spacial score (nSPS) is 10.0. The van der Waals surface area contributed by atoms with Gasteiger partial charge in [-0.1, -0.05) is 0 Å². The lowest BCUT2D eigenvalue weighted by Crippen LogP contribution is -2.22. The zero-order valence-electron chi connectivity index (χ0n) is 12.8. The Bertz CT molecular complexity index is 766. The molecular formula is C16H17N3O4. The number of benzene rings is 1. The van der Waals surface area contributed by atoms with Crippen LogP contribution >= 0.6 is 0 Å². The van der Waals surface area contributed by atoms with Crippen molar-refractivity contribution >= 4 is 23.2 Å². The van der Waals surface area contributed by atoms with Gasteiger partial charge in [0.2, 0.25) is 11.3 Å². The maximum absolute atomic E-state index is 11.9. The number of rotatable bonds is 5. The largest absolute Gasteiger partial charge is 0.478 e. The summed E-state index contributed by atoms with van der Waals surface area (Å²) in [6.45, 7) is 2.83. The predicted octanol–water partition coefficient (Wildman–Crippen LogP) is 1.66. The lowest BCUT2D eigenvalue weighted by Gasteiger charge is -2.09. The quantitative estimate of drug-likeness (QED) is 0.781. The lowest BCUT2D eigenvalue weighted by atomic mass is 10.2. The first kappa shape index (κ1) is 16.3. The van der Waals surface area contributed by atoms with Crippen molar-refractivity contribution < 1.29 is 14.3 Å². The van der Waals surface area contributed by atoms with Crippen molar-refractivity contribution in [3.05, 3.63) is 52.4 Å². The van der Waals surface area contributed by atoms with Crippen molar-refractivity contribution in [2.75, 3.05) is 17.2 Å². The van der Waals surface area contributed by atoms with Crippen LogP contribution in [0.2, 0.25) is 0 Å². The van der Waals surface area contributed by atoms with E-state index in [-0.39, 0.29) is 29.6 Å². The van der Waals surface area contributed by atoms with Crippen LogP contribution in [-0.2, 0) is 9.59 Å². The van der Waals surface area contributed by atoms with Gasteiger partial charge < -0.3 is 20.4 Å². The number of amides is 2. The van der Waals surface area contributed by atoms with Crippen LogP contribution in [0.15, 0.2) is 41.3 Å². The maximum atomic E-state index is 11.9. The second-order valence-electron chi connectivity index (χ2n) is 4.89. The number of carbonyl (C=O) groups excluding carboxylic acids is 2. The number of pyridine rings is 1.